The molecule has 0 aromatic carbocycles. The maximum absolute atomic E-state index is 12.6. The average Bonchev–Trinajstić information content (AvgIpc) is 2.60. The lowest BCUT2D eigenvalue weighted by molar-refractivity contribution is -0.148. The summed E-state index contributed by atoms with van der Waals surface area (Å²) in [7, 11) is 1.80. The van der Waals surface area contributed by atoms with Crippen molar-refractivity contribution in [1.82, 2.24) is 9.80 Å². The molecule has 5 nitrogen and oxygen atoms in total. The molecular formula is C14H24N2O3. The van der Waals surface area contributed by atoms with Crippen LogP contribution in [0.5, 0.6) is 0 Å². The quantitative estimate of drug-likeness (QED) is 0.747. The highest BCUT2D eigenvalue weighted by atomic mass is 16.5. The van der Waals surface area contributed by atoms with Gasteiger partial charge < -0.3 is 14.5 Å². The minimum Gasteiger partial charge on any atom is -0.377 e. The largest absolute Gasteiger partial charge is 0.377 e. The molecule has 2 rings (SSSR count). The van der Waals surface area contributed by atoms with Crippen molar-refractivity contribution >= 4 is 11.8 Å². The maximum atomic E-state index is 12.6. The van der Waals surface area contributed by atoms with Gasteiger partial charge in [0.15, 0.2) is 0 Å². The summed E-state index contributed by atoms with van der Waals surface area (Å²) in [6.07, 6.45) is 3.57. The van der Waals surface area contributed by atoms with Gasteiger partial charge in [0.1, 0.15) is 0 Å². The number of amides is 2. The van der Waals surface area contributed by atoms with Crippen molar-refractivity contribution in [3.8, 4) is 0 Å². The van der Waals surface area contributed by atoms with E-state index >= 15 is 0 Å². The van der Waals surface area contributed by atoms with Gasteiger partial charge in [-0.25, -0.2) is 0 Å². The molecule has 0 radical (unpaired) electrons. The van der Waals surface area contributed by atoms with Gasteiger partial charge in [0.05, 0.1) is 18.6 Å². The van der Waals surface area contributed by atoms with Crippen LogP contribution in [0.15, 0.2) is 0 Å². The minimum atomic E-state index is -0.0602. The number of carbonyl (C=O) groups is 2. The normalized spacial score (nSPS) is 29.3. The highest BCUT2D eigenvalue weighted by Gasteiger charge is 2.35. The van der Waals surface area contributed by atoms with E-state index in [0.717, 1.165) is 38.8 Å². The van der Waals surface area contributed by atoms with E-state index in [1.54, 1.807) is 16.8 Å². The summed E-state index contributed by atoms with van der Waals surface area (Å²) in [4.78, 5) is 27.9. The summed E-state index contributed by atoms with van der Waals surface area (Å²) >= 11 is 0. The van der Waals surface area contributed by atoms with Crippen LogP contribution in [-0.4, -0.2) is 61.0 Å². The summed E-state index contributed by atoms with van der Waals surface area (Å²) < 4.78 is 5.69. The lowest BCUT2D eigenvalue weighted by Gasteiger charge is -2.33. The Labute approximate surface area is 114 Å². The molecule has 0 bridgehead atoms. The fourth-order valence-electron chi connectivity index (χ4n) is 2.93. The predicted octanol–water partition coefficient (Wildman–Crippen LogP) is 0.882. The molecule has 0 unspecified atom stereocenters. The van der Waals surface area contributed by atoms with E-state index in [4.69, 9.17) is 4.74 Å². The van der Waals surface area contributed by atoms with Gasteiger partial charge in [-0.3, -0.25) is 9.59 Å². The number of ether oxygens (including phenoxy) is 1. The van der Waals surface area contributed by atoms with Crippen molar-refractivity contribution in [2.24, 2.45) is 5.92 Å². The fraction of sp³-hybridized carbons (Fsp3) is 0.857. The van der Waals surface area contributed by atoms with E-state index in [2.05, 4.69) is 6.92 Å². The first-order valence-electron chi connectivity index (χ1n) is 7.27. The molecule has 19 heavy (non-hydrogen) atoms. The van der Waals surface area contributed by atoms with Crippen LogP contribution in [0.25, 0.3) is 0 Å². The monoisotopic (exact) mass is 268 g/mol. The molecule has 5 heteroatoms. The smallest absolute Gasteiger partial charge is 0.241 e. The van der Waals surface area contributed by atoms with E-state index < -0.39 is 0 Å². The Hall–Kier alpha value is -1.10. The first-order valence-corrected chi connectivity index (χ1v) is 7.27. The average molecular weight is 268 g/mol. The molecule has 108 valence electrons. The summed E-state index contributed by atoms with van der Waals surface area (Å²) in [5.41, 5.74) is 0. The molecule has 2 saturated heterocycles. The molecule has 0 N–H and O–H groups in total. The molecule has 2 amide bonds. The fourth-order valence-corrected chi connectivity index (χ4v) is 2.93. The molecule has 0 aromatic rings. The SMILES string of the molecule is CC[C@@H]1OCCC[C@H]1C(=O)N1CCCN(C)C(=O)C1. The second kappa shape index (κ2) is 6.37. The Morgan fingerprint density at radius 1 is 1.37 bits per heavy atom. The first kappa shape index (κ1) is 14.3. The molecule has 2 aliphatic heterocycles. The van der Waals surface area contributed by atoms with Crippen molar-refractivity contribution in [3.63, 3.8) is 0 Å². The van der Waals surface area contributed by atoms with Gasteiger partial charge in [0, 0.05) is 26.7 Å². The second-order valence-electron chi connectivity index (χ2n) is 5.49. The summed E-state index contributed by atoms with van der Waals surface area (Å²) in [5.74, 6) is 0.0841. The molecular weight excluding hydrogens is 244 g/mol. The minimum absolute atomic E-state index is 0.0253. The standard InChI is InChI=1S/C14H24N2O3/c1-3-12-11(6-4-9-19-12)14(18)16-8-5-7-15(2)13(17)10-16/h11-12H,3-10H2,1-2H3/t11-,12+/m1/s1. The highest BCUT2D eigenvalue weighted by molar-refractivity contribution is 5.86. The zero-order valence-electron chi connectivity index (χ0n) is 11.9. The number of hydrogen-bond acceptors (Lipinski definition) is 3. The Bertz CT molecular complexity index is 346. The van der Waals surface area contributed by atoms with E-state index in [9.17, 15) is 9.59 Å². The topological polar surface area (TPSA) is 49.9 Å². The van der Waals surface area contributed by atoms with Crippen LogP contribution in [0.2, 0.25) is 0 Å². The van der Waals surface area contributed by atoms with Gasteiger partial charge in [0.2, 0.25) is 11.8 Å². The van der Waals surface area contributed by atoms with Gasteiger partial charge in [-0.1, -0.05) is 6.92 Å². The van der Waals surface area contributed by atoms with Gasteiger partial charge >= 0.3 is 0 Å². The molecule has 2 atom stereocenters. The number of rotatable bonds is 2. The van der Waals surface area contributed by atoms with Crippen molar-refractivity contribution < 1.29 is 14.3 Å². The van der Waals surface area contributed by atoms with Crippen molar-refractivity contribution in [2.45, 2.75) is 38.7 Å². The zero-order chi connectivity index (χ0) is 13.8. The van der Waals surface area contributed by atoms with Crippen molar-refractivity contribution in [2.75, 3.05) is 33.3 Å². The van der Waals surface area contributed by atoms with Crippen molar-refractivity contribution in [1.29, 1.82) is 0 Å². The van der Waals surface area contributed by atoms with Crippen LogP contribution in [-0.2, 0) is 14.3 Å². The Morgan fingerprint density at radius 3 is 2.89 bits per heavy atom. The second-order valence-corrected chi connectivity index (χ2v) is 5.49. The van der Waals surface area contributed by atoms with Crippen LogP contribution in [0.3, 0.4) is 0 Å². The first-order chi connectivity index (χ1) is 9.13. The van der Waals surface area contributed by atoms with Gasteiger partial charge in [0.25, 0.3) is 0 Å². The Balaban J connectivity index is 2.03. The van der Waals surface area contributed by atoms with Gasteiger partial charge in [-0.05, 0) is 25.7 Å². The molecule has 0 spiro atoms. The predicted molar refractivity (Wildman–Crippen MR) is 71.6 cm³/mol. The van der Waals surface area contributed by atoms with Gasteiger partial charge in [-0.2, -0.15) is 0 Å². The van der Waals surface area contributed by atoms with E-state index in [1.807, 2.05) is 0 Å². The van der Waals surface area contributed by atoms with E-state index in [1.165, 1.54) is 0 Å². The Morgan fingerprint density at radius 2 is 2.16 bits per heavy atom. The summed E-state index contributed by atoms with van der Waals surface area (Å²) in [6.45, 7) is 4.45. The van der Waals surface area contributed by atoms with E-state index in [0.29, 0.717) is 6.54 Å². The lowest BCUT2D eigenvalue weighted by atomic mass is 9.91. The van der Waals surface area contributed by atoms with Crippen LogP contribution >= 0.6 is 0 Å². The van der Waals surface area contributed by atoms with Gasteiger partial charge in [-0.15, -0.1) is 0 Å². The number of nitrogens with zero attached hydrogens (tertiary/aromatic N) is 2. The van der Waals surface area contributed by atoms with Crippen LogP contribution < -0.4 is 0 Å². The molecule has 2 aliphatic rings. The Kier molecular flexibility index (Phi) is 4.80. The highest BCUT2D eigenvalue weighted by Crippen LogP contribution is 2.25. The maximum Gasteiger partial charge on any atom is 0.241 e. The van der Waals surface area contributed by atoms with Crippen LogP contribution in [0.4, 0.5) is 0 Å². The number of carbonyl (C=O) groups excluding carboxylic acids is 2. The molecule has 2 fully saturated rings. The van der Waals surface area contributed by atoms with Crippen molar-refractivity contribution in [3.05, 3.63) is 0 Å². The molecule has 0 aliphatic carbocycles. The molecule has 0 saturated carbocycles. The third kappa shape index (κ3) is 3.26. The number of likely N-dealkylation sites (N-methyl/N-ethyl adjacent to an activating group) is 1. The van der Waals surface area contributed by atoms with Crippen LogP contribution in [0.1, 0.15) is 32.6 Å². The zero-order valence-corrected chi connectivity index (χ0v) is 11.9. The van der Waals surface area contributed by atoms with E-state index in [-0.39, 0.29) is 30.4 Å². The van der Waals surface area contributed by atoms with Crippen LogP contribution in [0, 0.1) is 5.92 Å². The number of hydrogen-bond donors (Lipinski definition) is 0. The molecule has 0 aromatic heterocycles. The third-order valence-electron chi connectivity index (χ3n) is 4.14. The summed E-state index contributed by atoms with van der Waals surface area (Å²) in [6, 6.07) is 0. The lowest BCUT2D eigenvalue weighted by Crippen LogP contribution is -2.46. The molecule has 2 heterocycles. The summed E-state index contributed by atoms with van der Waals surface area (Å²) in [5, 5.41) is 0. The third-order valence-corrected chi connectivity index (χ3v) is 4.14.